The fourth-order valence-electron chi connectivity index (χ4n) is 2.79. The van der Waals surface area contributed by atoms with Crippen molar-refractivity contribution in [2.45, 2.75) is 52.0 Å². The summed E-state index contributed by atoms with van der Waals surface area (Å²) in [5, 5.41) is 2.90. The van der Waals surface area contributed by atoms with Gasteiger partial charge in [0, 0.05) is 6.04 Å². The van der Waals surface area contributed by atoms with Gasteiger partial charge in [-0.25, -0.2) is 8.42 Å². The lowest BCUT2D eigenvalue weighted by Gasteiger charge is -2.27. The summed E-state index contributed by atoms with van der Waals surface area (Å²) in [4.78, 5) is 12.8. The monoisotopic (exact) mass is 402 g/mol. The van der Waals surface area contributed by atoms with Gasteiger partial charge in [0.15, 0.2) is 0 Å². The molecular formula is C22H30N2O3S. The van der Waals surface area contributed by atoms with Gasteiger partial charge < -0.3 is 5.32 Å². The molecule has 1 atom stereocenters. The van der Waals surface area contributed by atoms with Crippen molar-refractivity contribution in [1.82, 2.24) is 5.32 Å². The van der Waals surface area contributed by atoms with E-state index in [1.807, 2.05) is 46.8 Å². The normalized spacial score (nSPS) is 12.6. The molecule has 0 radical (unpaired) electrons. The van der Waals surface area contributed by atoms with Gasteiger partial charge in [0.05, 0.1) is 10.6 Å². The minimum atomic E-state index is -3.88. The average molecular weight is 403 g/mol. The minimum absolute atomic E-state index is 0.0437. The number of amides is 1. The van der Waals surface area contributed by atoms with Gasteiger partial charge in [-0.3, -0.25) is 9.10 Å². The first-order chi connectivity index (χ1) is 13.2. The third kappa shape index (κ3) is 5.13. The molecule has 0 spiro atoms. The van der Waals surface area contributed by atoms with Crippen molar-refractivity contribution >= 4 is 21.6 Å². The molecule has 0 aliphatic carbocycles. The van der Waals surface area contributed by atoms with Crippen LogP contribution in [0.4, 0.5) is 5.69 Å². The molecular weight excluding hydrogens is 372 g/mol. The van der Waals surface area contributed by atoms with Gasteiger partial charge in [-0.15, -0.1) is 0 Å². The van der Waals surface area contributed by atoms with E-state index in [0.717, 1.165) is 11.1 Å². The molecule has 2 rings (SSSR count). The summed E-state index contributed by atoms with van der Waals surface area (Å²) in [5.41, 5.74) is 2.39. The second kappa shape index (κ2) is 9.24. The Labute approximate surface area is 168 Å². The van der Waals surface area contributed by atoms with Crippen molar-refractivity contribution in [2.24, 2.45) is 5.92 Å². The smallest absolute Gasteiger partial charge is 0.264 e. The Morgan fingerprint density at radius 1 is 1.04 bits per heavy atom. The Kier molecular flexibility index (Phi) is 7.24. The third-order valence-corrected chi connectivity index (χ3v) is 6.70. The third-order valence-electron chi connectivity index (χ3n) is 4.93. The van der Waals surface area contributed by atoms with E-state index < -0.39 is 10.0 Å². The average Bonchev–Trinajstić information content (AvgIpc) is 2.66. The summed E-state index contributed by atoms with van der Waals surface area (Å²) in [6.07, 6.45) is 0.667. The highest BCUT2D eigenvalue weighted by atomic mass is 32.2. The lowest BCUT2D eigenvalue weighted by molar-refractivity contribution is -0.120. The molecule has 0 saturated heterocycles. The molecule has 0 fully saturated rings. The van der Waals surface area contributed by atoms with Gasteiger partial charge in [0.25, 0.3) is 10.0 Å². The highest BCUT2D eigenvalue weighted by Gasteiger charge is 2.29. The first-order valence-corrected chi connectivity index (χ1v) is 11.1. The Hall–Kier alpha value is -2.34. The molecule has 0 aliphatic heterocycles. The molecule has 0 saturated carbocycles. The Balaban J connectivity index is 2.47. The number of rotatable bonds is 8. The number of anilines is 1. The summed E-state index contributed by atoms with van der Waals surface area (Å²) >= 11 is 0. The van der Waals surface area contributed by atoms with Crippen LogP contribution in [0.1, 0.15) is 38.8 Å². The van der Waals surface area contributed by atoms with Gasteiger partial charge in [0.2, 0.25) is 5.91 Å². The van der Waals surface area contributed by atoms with Crippen LogP contribution in [-0.2, 0) is 21.2 Å². The molecule has 0 bridgehead atoms. The van der Waals surface area contributed by atoms with E-state index >= 15 is 0 Å². The Bertz CT molecular complexity index is 906. The predicted molar refractivity (Wildman–Crippen MR) is 114 cm³/mol. The van der Waals surface area contributed by atoms with Gasteiger partial charge in [-0.2, -0.15) is 0 Å². The van der Waals surface area contributed by atoms with Gasteiger partial charge >= 0.3 is 0 Å². The zero-order chi connectivity index (χ0) is 20.9. The Morgan fingerprint density at radius 2 is 1.64 bits per heavy atom. The zero-order valence-electron chi connectivity index (χ0n) is 17.3. The van der Waals surface area contributed by atoms with Crippen LogP contribution in [0.3, 0.4) is 0 Å². The summed E-state index contributed by atoms with van der Waals surface area (Å²) in [5.74, 6) is -0.0585. The van der Waals surface area contributed by atoms with E-state index in [2.05, 4.69) is 5.32 Å². The summed E-state index contributed by atoms with van der Waals surface area (Å²) in [7, 11) is -3.88. The van der Waals surface area contributed by atoms with Crippen LogP contribution in [0.2, 0.25) is 0 Å². The second-order valence-electron chi connectivity index (χ2n) is 7.41. The summed E-state index contributed by atoms with van der Waals surface area (Å²) in [6, 6.07) is 14.0. The Morgan fingerprint density at radius 3 is 2.21 bits per heavy atom. The molecule has 0 unspecified atom stereocenters. The largest absolute Gasteiger partial charge is 0.352 e. The molecule has 2 aromatic carbocycles. The maximum Gasteiger partial charge on any atom is 0.264 e. The zero-order valence-corrected chi connectivity index (χ0v) is 18.1. The van der Waals surface area contributed by atoms with Crippen molar-refractivity contribution in [3.05, 3.63) is 59.7 Å². The quantitative estimate of drug-likeness (QED) is 0.728. The molecule has 0 aliphatic rings. The van der Waals surface area contributed by atoms with Crippen LogP contribution in [0.5, 0.6) is 0 Å². The maximum atomic E-state index is 13.4. The van der Waals surface area contributed by atoms with E-state index in [-0.39, 0.29) is 29.3 Å². The number of nitrogens with one attached hydrogen (secondary N) is 1. The van der Waals surface area contributed by atoms with Crippen LogP contribution in [-0.4, -0.2) is 26.9 Å². The standard InChI is InChI=1S/C22H30N2O3S/c1-6-19-9-7-8-10-21(19)24(15-22(25)23-18(5)16(2)3)28(26,27)20-13-11-17(4)12-14-20/h7-14,16,18H,6,15H2,1-5H3,(H,23,25)/t18-/m1/s1. The highest BCUT2D eigenvalue weighted by Crippen LogP contribution is 2.27. The number of benzene rings is 2. The fourth-order valence-corrected chi connectivity index (χ4v) is 4.25. The predicted octanol–water partition coefficient (Wildman–Crippen LogP) is 3.91. The summed E-state index contributed by atoms with van der Waals surface area (Å²) < 4.78 is 28.0. The van der Waals surface area contributed by atoms with Crippen molar-refractivity contribution in [1.29, 1.82) is 0 Å². The summed E-state index contributed by atoms with van der Waals surface area (Å²) in [6.45, 7) is 9.56. The fraction of sp³-hybridized carbons (Fsp3) is 0.409. The molecule has 1 amide bonds. The minimum Gasteiger partial charge on any atom is -0.352 e. The molecule has 28 heavy (non-hydrogen) atoms. The molecule has 6 heteroatoms. The number of para-hydroxylation sites is 1. The number of nitrogens with zero attached hydrogens (tertiary/aromatic N) is 1. The van der Waals surface area contributed by atoms with E-state index in [1.165, 1.54) is 4.31 Å². The molecule has 1 N–H and O–H groups in total. The van der Waals surface area contributed by atoms with Crippen molar-refractivity contribution in [3.8, 4) is 0 Å². The van der Waals surface area contributed by atoms with Crippen molar-refractivity contribution in [3.63, 3.8) is 0 Å². The first kappa shape index (κ1) is 22.0. The second-order valence-corrected chi connectivity index (χ2v) is 9.27. The van der Waals surface area contributed by atoms with Gasteiger partial charge in [-0.05, 0) is 49.9 Å². The number of carbonyl (C=O) groups excluding carboxylic acids is 1. The lowest BCUT2D eigenvalue weighted by Crippen LogP contribution is -2.45. The van der Waals surface area contributed by atoms with Gasteiger partial charge in [-0.1, -0.05) is 56.7 Å². The van der Waals surface area contributed by atoms with Crippen LogP contribution in [0, 0.1) is 12.8 Å². The van der Waals surface area contributed by atoms with E-state index in [1.54, 1.807) is 36.4 Å². The first-order valence-electron chi connectivity index (χ1n) is 9.63. The van der Waals surface area contributed by atoms with Crippen LogP contribution in [0.15, 0.2) is 53.4 Å². The van der Waals surface area contributed by atoms with Crippen molar-refractivity contribution in [2.75, 3.05) is 10.8 Å². The molecule has 0 aromatic heterocycles. The maximum absolute atomic E-state index is 13.4. The molecule has 5 nitrogen and oxygen atoms in total. The van der Waals surface area contributed by atoms with Crippen molar-refractivity contribution < 1.29 is 13.2 Å². The number of hydrogen-bond donors (Lipinski definition) is 1. The molecule has 0 heterocycles. The van der Waals surface area contributed by atoms with Gasteiger partial charge in [0.1, 0.15) is 6.54 Å². The number of sulfonamides is 1. The van der Waals surface area contributed by atoms with E-state index in [9.17, 15) is 13.2 Å². The number of aryl methyl sites for hydroxylation is 2. The molecule has 152 valence electrons. The van der Waals surface area contributed by atoms with Crippen LogP contribution >= 0.6 is 0 Å². The van der Waals surface area contributed by atoms with E-state index in [0.29, 0.717) is 12.1 Å². The topological polar surface area (TPSA) is 66.5 Å². The lowest BCUT2D eigenvalue weighted by atomic mass is 10.1. The van der Waals surface area contributed by atoms with Crippen LogP contribution in [0.25, 0.3) is 0 Å². The molecule has 2 aromatic rings. The highest BCUT2D eigenvalue weighted by molar-refractivity contribution is 7.92. The number of hydrogen-bond acceptors (Lipinski definition) is 3. The number of carbonyl (C=O) groups is 1. The SMILES string of the molecule is CCc1ccccc1N(CC(=O)N[C@H](C)C(C)C)S(=O)(=O)c1ccc(C)cc1. The van der Waals surface area contributed by atoms with E-state index in [4.69, 9.17) is 0 Å². The van der Waals surface area contributed by atoms with Crippen LogP contribution < -0.4 is 9.62 Å².